The number of carboxylic acids is 2. The molecule has 0 fully saturated rings. The number of aliphatic carboxylic acids is 2. The molecule has 0 aliphatic heterocycles. The molecule has 0 aliphatic rings. The zero-order valence-corrected chi connectivity index (χ0v) is 30.5. The van der Waals surface area contributed by atoms with E-state index in [4.69, 9.17) is 0 Å². The first-order valence-electron chi connectivity index (χ1n) is 16.2. The van der Waals surface area contributed by atoms with E-state index in [0.717, 1.165) is 11.4 Å². The predicted octanol–water partition coefficient (Wildman–Crippen LogP) is 3.73. The number of benzene rings is 4. The number of alkyl halides is 1. The number of nitrogens with one attached hydrogen (secondary N) is 2. The van der Waals surface area contributed by atoms with E-state index in [1.54, 1.807) is 53.4 Å². The Balaban J connectivity index is 1.50. The number of carbonyl (C=O) groups is 2. The summed E-state index contributed by atoms with van der Waals surface area (Å²) in [5.41, 5.74) is 1.56. The summed E-state index contributed by atoms with van der Waals surface area (Å²) in [6.45, 7) is -0.695. The molecular weight excluding hydrogens is 702 g/mol. The van der Waals surface area contributed by atoms with Gasteiger partial charge in [-0.05, 0) is 43.5 Å². The molecule has 4 rings (SSSR count). The summed E-state index contributed by atoms with van der Waals surface area (Å²) >= 11 is 0. The van der Waals surface area contributed by atoms with Gasteiger partial charge in [-0.25, -0.2) is 16.8 Å². The summed E-state index contributed by atoms with van der Waals surface area (Å²) in [6, 6.07) is 16.7. The fraction of sp³-hybridized carbons (Fsp3) is 0.371. The molecule has 276 valence electrons. The van der Waals surface area contributed by atoms with Crippen molar-refractivity contribution >= 4 is 64.9 Å². The second kappa shape index (κ2) is 16.8. The Hall–Kier alpha value is -4.35. The van der Waals surface area contributed by atoms with Gasteiger partial charge >= 0.3 is 11.9 Å². The molecule has 0 spiro atoms. The fourth-order valence-electron chi connectivity index (χ4n) is 5.99. The van der Waals surface area contributed by atoms with E-state index in [0.29, 0.717) is 21.5 Å². The average molecular weight is 746 g/mol. The minimum atomic E-state index is -4.33. The molecule has 0 amide bonds. The molecule has 13 nitrogen and oxygen atoms in total. The van der Waals surface area contributed by atoms with Crippen molar-refractivity contribution in [2.75, 3.05) is 64.3 Å². The first kappa shape index (κ1) is 39.4. The highest BCUT2D eigenvalue weighted by atomic mass is 32.2. The first-order chi connectivity index (χ1) is 24.1. The third-order valence-electron chi connectivity index (χ3n) is 8.53. The lowest BCUT2D eigenvalue weighted by atomic mass is 10.1. The number of carboxylic acid groups (broad SMARTS) is 2. The lowest BCUT2D eigenvalue weighted by Crippen LogP contribution is -2.45. The Morgan fingerprint density at radius 2 is 1.00 bits per heavy atom. The topological polar surface area (TPSA) is 177 Å². The number of hydrogen-bond acceptors (Lipinski definition) is 9. The molecule has 0 saturated carbocycles. The quantitative estimate of drug-likeness (QED) is 0.110. The minimum absolute atomic E-state index is 0.0430. The zero-order valence-electron chi connectivity index (χ0n) is 28.9. The van der Waals surface area contributed by atoms with Crippen LogP contribution in [0, 0.1) is 0 Å². The maximum atomic E-state index is 13.5. The van der Waals surface area contributed by atoms with Crippen LogP contribution in [0.3, 0.4) is 0 Å². The van der Waals surface area contributed by atoms with E-state index in [2.05, 4.69) is 9.44 Å². The van der Waals surface area contributed by atoms with Crippen LogP contribution in [0.4, 0.5) is 15.8 Å². The largest absolute Gasteiger partial charge is 0.480 e. The molecule has 51 heavy (non-hydrogen) atoms. The smallest absolute Gasteiger partial charge is 0.321 e. The minimum Gasteiger partial charge on any atom is -0.480 e. The molecule has 4 aromatic rings. The van der Waals surface area contributed by atoms with Crippen molar-refractivity contribution in [3.8, 4) is 0 Å². The van der Waals surface area contributed by atoms with Crippen molar-refractivity contribution in [1.29, 1.82) is 0 Å². The Labute approximate surface area is 297 Å². The molecule has 0 radical (unpaired) electrons. The maximum Gasteiger partial charge on any atom is 0.321 e. The molecular formula is C35H44FN5O8S2. The van der Waals surface area contributed by atoms with Crippen LogP contribution in [0.15, 0.2) is 82.6 Å². The highest BCUT2D eigenvalue weighted by molar-refractivity contribution is 7.90. The Morgan fingerprint density at radius 3 is 1.35 bits per heavy atom. The zero-order chi connectivity index (χ0) is 37.5. The molecule has 0 bridgehead atoms. The van der Waals surface area contributed by atoms with E-state index in [1.165, 1.54) is 12.1 Å². The van der Waals surface area contributed by atoms with Gasteiger partial charge in [-0.3, -0.25) is 14.0 Å². The van der Waals surface area contributed by atoms with Crippen molar-refractivity contribution in [1.82, 2.24) is 14.3 Å². The molecule has 2 atom stereocenters. The summed E-state index contributed by atoms with van der Waals surface area (Å²) in [5.74, 6) is -2.86. The highest BCUT2D eigenvalue weighted by Crippen LogP contribution is 2.31. The van der Waals surface area contributed by atoms with Gasteiger partial charge in [0, 0.05) is 80.7 Å². The summed E-state index contributed by atoms with van der Waals surface area (Å²) in [4.78, 5) is 29.6. The Morgan fingerprint density at radius 1 is 0.627 bits per heavy atom. The van der Waals surface area contributed by atoms with Gasteiger partial charge in [-0.15, -0.1) is 0 Å². The standard InChI is InChI=1S/C35H44FN5O8S2/c1-39(2)30-14-5-12-26-24(30)10-7-16-32(26)50(46,47)37-28(34(42)43)18-22-41(21-9-20-36)23-19-29(35(44)45)38-51(48,49)33-17-8-11-25-27(33)13-6-15-31(25)40(3)4/h5-8,10-17,28-29,37-38H,9,18-23H2,1-4H3,(H,42,43)(H,44,45). The van der Waals surface area contributed by atoms with Gasteiger partial charge < -0.3 is 24.9 Å². The summed E-state index contributed by atoms with van der Waals surface area (Å²) in [7, 11) is -1.37. The molecule has 0 aliphatic carbocycles. The number of hydrogen-bond donors (Lipinski definition) is 4. The van der Waals surface area contributed by atoms with Crippen LogP contribution in [0.2, 0.25) is 0 Å². The monoisotopic (exact) mass is 745 g/mol. The SMILES string of the molecule is CN(C)c1cccc2c(S(=O)(=O)NC(CCN(CCCF)CCC(NS(=O)(=O)c3cccc4c(N(C)C)cccc34)C(=O)O)C(=O)O)cccc12. The van der Waals surface area contributed by atoms with Crippen LogP contribution < -0.4 is 19.2 Å². The summed E-state index contributed by atoms with van der Waals surface area (Å²) < 4.78 is 72.0. The summed E-state index contributed by atoms with van der Waals surface area (Å²) in [5, 5.41) is 22.1. The van der Waals surface area contributed by atoms with Gasteiger partial charge in [0.25, 0.3) is 0 Å². The van der Waals surface area contributed by atoms with Crippen molar-refractivity contribution in [3.05, 3.63) is 72.8 Å². The maximum absolute atomic E-state index is 13.5. The van der Waals surface area contributed by atoms with E-state index in [-0.39, 0.29) is 48.7 Å². The fourth-order valence-corrected chi connectivity index (χ4v) is 8.88. The van der Waals surface area contributed by atoms with Gasteiger partial charge in [0.05, 0.1) is 16.5 Å². The second-order valence-corrected chi connectivity index (χ2v) is 15.9. The van der Waals surface area contributed by atoms with E-state index >= 15 is 0 Å². The van der Waals surface area contributed by atoms with Crippen molar-refractivity contribution in [3.63, 3.8) is 0 Å². The lowest BCUT2D eigenvalue weighted by molar-refractivity contribution is -0.139. The summed E-state index contributed by atoms with van der Waals surface area (Å²) in [6.07, 6.45) is -0.425. The van der Waals surface area contributed by atoms with Crippen LogP contribution in [0.5, 0.6) is 0 Å². The number of anilines is 2. The van der Waals surface area contributed by atoms with Crippen LogP contribution in [-0.4, -0.2) is 110 Å². The van der Waals surface area contributed by atoms with Gasteiger partial charge in [0.15, 0.2) is 0 Å². The van der Waals surface area contributed by atoms with Gasteiger partial charge in [-0.1, -0.05) is 48.5 Å². The average Bonchev–Trinajstić information content (AvgIpc) is 3.08. The Bertz CT molecular complexity index is 1950. The molecule has 0 heterocycles. The normalized spacial score (nSPS) is 13.4. The van der Waals surface area contributed by atoms with Gasteiger partial charge in [-0.2, -0.15) is 9.44 Å². The molecule has 16 heteroatoms. The van der Waals surface area contributed by atoms with Crippen LogP contribution in [0.25, 0.3) is 21.5 Å². The first-order valence-corrected chi connectivity index (χ1v) is 19.2. The van der Waals surface area contributed by atoms with Gasteiger partial charge in [0.1, 0.15) is 12.1 Å². The van der Waals surface area contributed by atoms with E-state index in [9.17, 15) is 41.0 Å². The molecule has 0 aromatic heterocycles. The van der Waals surface area contributed by atoms with Gasteiger partial charge in [0.2, 0.25) is 20.0 Å². The second-order valence-electron chi connectivity index (χ2n) is 12.5. The number of fused-ring (bicyclic) bond motifs is 2. The van der Waals surface area contributed by atoms with Crippen molar-refractivity contribution < 1.29 is 41.0 Å². The van der Waals surface area contributed by atoms with E-state index < -0.39 is 50.7 Å². The molecule has 2 unspecified atom stereocenters. The number of rotatable bonds is 19. The Kier molecular flexibility index (Phi) is 13.0. The lowest BCUT2D eigenvalue weighted by Gasteiger charge is -2.26. The number of nitrogens with zero attached hydrogens (tertiary/aromatic N) is 3. The van der Waals surface area contributed by atoms with Crippen LogP contribution in [0.1, 0.15) is 19.3 Å². The van der Waals surface area contributed by atoms with Crippen molar-refractivity contribution in [2.24, 2.45) is 0 Å². The predicted molar refractivity (Wildman–Crippen MR) is 196 cm³/mol. The molecule has 4 N–H and O–H groups in total. The third kappa shape index (κ3) is 9.51. The molecule has 0 saturated heterocycles. The van der Waals surface area contributed by atoms with Crippen LogP contribution >= 0.6 is 0 Å². The molecule has 4 aromatic carbocycles. The highest BCUT2D eigenvalue weighted by Gasteiger charge is 2.30. The van der Waals surface area contributed by atoms with Crippen molar-refractivity contribution in [2.45, 2.75) is 41.1 Å². The number of sulfonamides is 2. The van der Waals surface area contributed by atoms with E-state index in [1.807, 2.05) is 50.1 Å². The number of halogens is 1. The van der Waals surface area contributed by atoms with Crippen LogP contribution in [-0.2, 0) is 29.6 Å². The third-order valence-corrected chi connectivity index (χ3v) is 11.6.